The number of aryl methyl sites for hydroxylation is 1. The number of aromatic nitrogens is 1. The highest BCUT2D eigenvalue weighted by Crippen LogP contribution is 2.43. The standard InChI is InChI=1S/C27H18Cl3N3OS/c1-14-6-8-15(9-7-14)22-13-18(17-4-2-3-5-19(17)28)23-24(31)25(35-27(23)33-22)26(34)32-16-10-11-20(29)21(30)12-16/h2-13H,31H2,1H3,(H,32,34). The Hall–Kier alpha value is -3.09. The predicted molar refractivity (Wildman–Crippen MR) is 149 cm³/mol. The van der Waals surface area contributed by atoms with Gasteiger partial charge in [0.05, 0.1) is 21.4 Å². The molecule has 0 aliphatic carbocycles. The van der Waals surface area contributed by atoms with Crippen molar-refractivity contribution in [1.29, 1.82) is 0 Å². The minimum Gasteiger partial charge on any atom is -0.397 e. The van der Waals surface area contributed by atoms with E-state index in [1.54, 1.807) is 18.2 Å². The summed E-state index contributed by atoms with van der Waals surface area (Å²) in [6.07, 6.45) is 0. The van der Waals surface area contributed by atoms with E-state index in [2.05, 4.69) is 5.32 Å². The quantitative estimate of drug-likeness (QED) is 0.240. The van der Waals surface area contributed by atoms with Gasteiger partial charge in [-0.05, 0) is 42.8 Å². The molecule has 2 aromatic heterocycles. The maximum Gasteiger partial charge on any atom is 0.267 e. The SMILES string of the molecule is Cc1ccc(-c2cc(-c3ccccc3Cl)c3c(N)c(C(=O)Nc4ccc(Cl)c(Cl)c4)sc3n2)cc1. The molecule has 8 heteroatoms. The Morgan fingerprint density at radius 3 is 2.34 bits per heavy atom. The van der Waals surface area contributed by atoms with Crippen LogP contribution in [0.5, 0.6) is 0 Å². The molecule has 0 spiro atoms. The first kappa shape index (κ1) is 23.6. The van der Waals surface area contributed by atoms with Gasteiger partial charge in [-0.2, -0.15) is 0 Å². The van der Waals surface area contributed by atoms with Gasteiger partial charge in [0, 0.05) is 27.2 Å². The van der Waals surface area contributed by atoms with Crippen LogP contribution in [0.4, 0.5) is 11.4 Å². The van der Waals surface area contributed by atoms with Crippen molar-refractivity contribution in [2.75, 3.05) is 11.1 Å². The number of fused-ring (bicyclic) bond motifs is 1. The van der Waals surface area contributed by atoms with Crippen molar-refractivity contribution in [2.45, 2.75) is 6.92 Å². The lowest BCUT2D eigenvalue weighted by atomic mass is 9.99. The fraction of sp³-hybridized carbons (Fsp3) is 0.0370. The number of hydrogen-bond donors (Lipinski definition) is 2. The lowest BCUT2D eigenvalue weighted by Gasteiger charge is -2.10. The van der Waals surface area contributed by atoms with E-state index in [-0.39, 0.29) is 5.91 Å². The summed E-state index contributed by atoms with van der Waals surface area (Å²) < 4.78 is 0. The average molecular weight is 539 g/mol. The smallest absolute Gasteiger partial charge is 0.267 e. The van der Waals surface area contributed by atoms with E-state index >= 15 is 0 Å². The first-order valence-corrected chi connectivity index (χ1v) is 12.6. The van der Waals surface area contributed by atoms with E-state index in [1.807, 2.05) is 61.5 Å². The Balaban J connectivity index is 1.67. The fourth-order valence-corrected chi connectivity index (χ4v) is 5.37. The Kier molecular flexibility index (Phi) is 6.43. The van der Waals surface area contributed by atoms with Crippen LogP contribution in [0.3, 0.4) is 0 Å². The summed E-state index contributed by atoms with van der Waals surface area (Å²) in [4.78, 5) is 19.1. The average Bonchev–Trinajstić information content (AvgIpc) is 3.18. The largest absolute Gasteiger partial charge is 0.397 e. The number of nitrogens with zero attached hydrogens (tertiary/aromatic N) is 1. The van der Waals surface area contributed by atoms with Gasteiger partial charge in [0.15, 0.2) is 0 Å². The Morgan fingerprint density at radius 2 is 1.63 bits per heavy atom. The van der Waals surface area contributed by atoms with E-state index in [0.29, 0.717) is 41.5 Å². The lowest BCUT2D eigenvalue weighted by molar-refractivity contribution is 0.103. The van der Waals surface area contributed by atoms with Crippen LogP contribution in [0.1, 0.15) is 15.2 Å². The van der Waals surface area contributed by atoms with Gasteiger partial charge < -0.3 is 11.1 Å². The maximum absolute atomic E-state index is 13.2. The molecule has 0 fully saturated rings. The van der Waals surface area contributed by atoms with Crippen molar-refractivity contribution >= 4 is 73.6 Å². The molecule has 2 heterocycles. The van der Waals surface area contributed by atoms with Crippen LogP contribution in [0.25, 0.3) is 32.6 Å². The molecule has 0 aliphatic rings. The second kappa shape index (κ2) is 9.51. The molecule has 0 unspecified atom stereocenters. The van der Waals surface area contributed by atoms with Crippen LogP contribution in [0.2, 0.25) is 15.1 Å². The maximum atomic E-state index is 13.2. The van der Waals surface area contributed by atoms with Gasteiger partial charge in [0.2, 0.25) is 0 Å². The highest BCUT2D eigenvalue weighted by atomic mass is 35.5. The van der Waals surface area contributed by atoms with Gasteiger partial charge in [-0.25, -0.2) is 4.98 Å². The summed E-state index contributed by atoms with van der Waals surface area (Å²) in [7, 11) is 0. The van der Waals surface area contributed by atoms with Crippen LogP contribution < -0.4 is 11.1 Å². The molecule has 0 saturated heterocycles. The molecule has 0 aliphatic heterocycles. The van der Waals surface area contributed by atoms with Crippen molar-refractivity contribution < 1.29 is 4.79 Å². The highest BCUT2D eigenvalue weighted by Gasteiger charge is 2.22. The summed E-state index contributed by atoms with van der Waals surface area (Å²) in [5.41, 5.74) is 11.9. The molecule has 35 heavy (non-hydrogen) atoms. The van der Waals surface area contributed by atoms with Crippen LogP contribution in [0, 0.1) is 6.92 Å². The molecule has 0 bridgehead atoms. The zero-order valence-electron chi connectivity index (χ0n) is 18.4. The number of hydrogen-bond acceptors (Lipinski definition) is 4. The monoisotopic (exact) mass is 537 g/mol. The van der Waals surface area contributed by atoms with Gasteiger partial charge in [-0.15, -0.1) is 11.3 Å². The minimum absolute atomic E-state index is 0.346. The molecule has 0 saturated carbocycles. The summed E-state index contributed by atoms with van der Waals surface area (Å²) in [5, 5.41) is 4.88. The van der Waals surface area contributed by atoms with E-state index in [1.165, 1.54) is 11.3 Å². The van der Waals surface area contributed by atoms with Crippen molar-refractivity contribution in [3.05, 3.63) is 98.3 Å². The number of thiophene rings is 1. The Labute approximate surface area is 221 Å². The zero-order valence-corrected chi connectivity index (χ0v) is 21.5. The molecule has 4 nitrogen and oxygen atoms in total. The van der Waals surface area contributed by atoms with Crippen molar-refractivity contribution in [1.82, 2.24) is 4.98 Å². The fourth-order valence-electron chi connectivity index (χ4n) is 3.82. The third kappa shape index (κ3) is 4.60. The van der Waals surface area contributed by atoms with E-state index in [4.69, 9.17) is 45.5 Å². The Morgan fingerprint density at radius 1 is 0.886 bits per heavy atom. The van der Waals surface area contributed by atoms with Gasteiger partial charge in [0.1, 0.15) is 9.71 Å². The molecule has 0 radical (unpaired) electrons. The number of amides is 1. The molecule has 1 amide bonds. The summed E-state index contributed by atoms with van der Waals surface area (Å²) >= 11 is 19.9. The number of benzene rings is 3. The van der Waals surface area contributed by atoms with E-state index in [0.717, 1.165) is 27.9 Å². The molecule has 174 valence electrons. The second-order valence-electron chi connectivity index (χ2n) is 8.01. The molecular weight excluding hydrogens is 521 g/mol. The number of nitrogens with one attached hydrogen (secondary N) is 1. The first-order chi connectivity index (χ1) is 16.8. The topological polar surface area (TPSA) is 68.0 Å². The molecule has 3 aromatic carbocycles. The number of carbonyl (C=O) groups excluding carboxylic acids is 1. The number of nitrogen functional groups attached to an aromatic ring is 1. The number of rotatable bonds is 4. The van der Waals surface area contributed by atoms with Crippen LogP contribution >= 0.6 is 46.1 Å². The summed E-state index contributed by atoms with van der Waals surface area (Å²) in [6.45, 7) is 2.04. The van der Waals surface area contributed by atoms with Gasteiger partial charge in [-0.1, -0.05) is 82.8 Å². The van der Waals surface area contributed by atoms with Crippen molar-refractivity contribution in [3.8, 4) is 22.4 Å². The third-order valence-corrected chi connectivity index (χ3v) is 7.76. The number of halogens is 3. The molecule has 5 rings (SSSR count). The minimum atomic E-state index is -0.356. The predicted octanol–water partition coefficient (Wildman–Crippen LogP) is 8.73. The van der Waals surface area contributed by atoms with Gasteiger partial charge in [0.25, 0.3) is 5.91 Å². The summed E-state index contributed by atoms with van der Waals surface area (Å²) in [5.74, 6) is -0.356. The molecule has 5 aromatic rings. The highest BCUT2D eigenvalue weighted by molar-refractivity contribution is 7.21. The van der Waals surface area contributed by atoms with Crippen molar-refractivity contribution in [3.63, 3.8) is 0 Å². The normalized spacial score (nSPS) is 11.1. The third-order valence-electron chi connectivity index (χ3n) is 5.59. The number of anilines is 2. The van der Waals surface area contributed by atoms with E-state index in [9.17, 15) is 4.79 Å². The van der Waals surface area contributed by atoms with Gasteiger partial charge >= 0.3 is 0 Å². The summed E-state index contributed by atoms with van der Waals surface area (Å²) in [6, 6.07) is 22.5. The number of pyridine rings is 1. The first-order valence-electron chi connectivity index (χ1n) is 10.6. The van der Waals surface area contributed by atoms with Crippen molar-refractivity contribution in [2.24, 2.45) is 0 Å². The Bertz CT molecular complexity index is 1600. The van der Waals surface area contributed by atoms with Crippen LogP contribution in [-0.2, 0) is 0 Å². The zero-order chi connectivity index (χ0) is 24.7. The lowest BCUT2D eigenvalue weighted by Crippen LogP contribution is -2.11. The second-order valence-corrected chi connectivity index (χ2v) is 10.2. The number of nitrogens with two attached hydrogens (primary N) is 1. The molecule has 3 N–H and O–H groups in total. The van der Waals surface area contributed by atoms with Gasteiger partial charge in [-0.3, -0.25) is 4.79 Å². The molecule has 0 atom stereocenters. The van der Waals surface area contributed by atoms with Crippen LogP contribution in [0.15, 0.2) is 72.8 Å². The number of carbonyl (C=O) groups is 1. The van der Waals surface area contributed by atoms with E-state index < -0.39 is 0 Å². The molecular formula is C27H18Cl3N3OS. The van der Waals surface area contributed by atoms with Crippen LogP contribution in [-0.4, -0.2) is 10.9 Å².